The zero-order valence-corrected chi connectivity index (χ0v) is 19.6. The van der Waals surface area contributed by atoms with Crippen molar-refractivity contribution < 1.29 is 18.1 Å². The molecule has 8 nitrogen and oxygen atoms in total. The molecule has 1 unspecified atom stereocenters. The van der Waals surface area contributed by atoms with Crippen LogP contribution in [0.4, 0.5) is 11.4 Å². The Balaban J connectivity index is 1.87. The van der Waals surface area contributed by atoms with E-state index in [0.717, 1.165) is 5.56 Å². The number of non-ortho nitro benzene ring substituents is 1. The number of carbonyl (C=O) groups is 1. The van der Waals surface area contributed by atoms with Crippen molar-refractivity contribution in [3.63, 3.8) is 0 Å². The zero-order valence-electron chi connectivity index (χ0n) is 18.8. The van der Waals surface area contributed by atoms with Gasteiger partial charge >= 0.3 is 0 Å². The maximum absolute atomic E-state index is 13.2. The molecule has 1 amide bonds. The van der Waals surface area contributed by atoms with E-state index in [1.54, 1.807) is 44.3 Å². The number of benzene rings is 3. The Morgan fingerprint density at radius 1 is 0.970 bits per heavy atom. The molecule has 0 N–H and O–H groups in total. The highest BCUT2D eigenvalue weighted by atomic mass is 32.2. The van der Waals surface area contributed by atoms with Crippen LogP contribution in [0.3, 0.4) is 0 Å². The number of nitro groups is 1. The summed E-state index contributed by atoms with van der Waals surface area (Å²) in [5, 5.41) is 11.1. The van der Waals surface area contributed by atoms with Crippen molar-refractivity contribution in [1.82, 2.24) is 4.90 Å². The molecule has 0 aliphatic carbocycles. The van der Waals surface area contributed by atoms with E-state index < -0.39 is 26.9 Å². The molecular weight excluding hydrogens is 442 g/mol. The van der Waals surface area contributed by atoms with Gasteiger partial charge in [0.2, 0.25) is 0 Å². The highest BCUT2D eigenvalue weighted by molar-refractivity contribution is 7.92. The first-order valence-electron chi connectivity index (χ1n) is 10.2. The van der Waals surface area contributed by atoms with Crippen molar-refractivity contribution in [2.24, 2.45) is 0 Å². The fourth-order valence-corrected chi connectivity index (χ4v) is 4.58. The normalized spacial score (nSPS) is 12.1. The lowest BCUT2D eigenvalue weighted by atomic mass is 10.1. The number of hydrogen-bond donors (Lipinski definition) is 0. The van der Waals surface area contributed by atoms with Crippen LogP contribution in [0.1, 0.15) is 34.5 Å². The largest absolute Gasteiger partial charge is 0.335 e. The van der Waals surface area contributed by atoms with Crippen molar-refractivity contribution in [1.29, 1.82) is 0 Å². The van der Waals surface area contributed by atoms with Gasteiger partial charge in [0.1, 0.15) is 0 Å². The molecule has 0 radical (unpaired) electrons. The Morgan fingerprint density at radius 3 is 2.24 bits per heavy atom. The summed E-state index contributed by atoms with van der Waals surface area (Å²) >= 11 is 0. The second-order valence-corrected chi connectivity index (χ2v) is 9.75. The smallest absolute Gasteiger partial charge is 0.269 e. The van der Waals surface area contributed by atoms with Crippen LogP contribution in [-0.2, 0) is 10.0 Å². The minimum atomic E-state index is -3.89. The number of nitro benzene ring substituents is 1. The van der Waals surface area contributed by atoms with E-state index >= 15 is 0 Å². The molecule has 172 valence electrons. The van der Waals surface area contributed by atoms with Gasteiger partial charge in [0.05, 0.1) is 21.5 Å². The molecule has 0 spiro atoms. The summed E-state index contributed by atoms with van der Waals surface area (Å²) in [5.41, 5.74) is 2.26. The summed E-state index contributed by atoms with van der Waals surface area (Å²) < 4.78 is 27.5. The molecule has 0 aliphatic heterocycles. The topological polar surface area (TPSA) is 101 Å². The first kappa shape index (κ1) is 23.9. The molecule has 3 rings (SSSR count). The average molecular weight is 468 g/mol. The number of sulfonamides is 1. The van der Waals surface area contributed by atoms with Crippen molar-refractivity contribution in [3.05, 3.63) is 99.6 Å². The first-order valence-corrected chi connectivity index (χ1v) is 11.6. The van der Waals surface area contributed by atoms with E-state index in [4.69, 9.17) is 0 Å². The Bertz CT molecular complexity index is 1290. The number of nitrogens with zero attached hydrogens (tertiary/aromatic N) is 3. The summed E-state index contributed by atoms with van der Waals surface area (Å²) in [6.45, 7) is 3.67. The van der Waals surface area contributed by atoms with Gasteiger partial charge in [0, 0.05) is 31.8 Å². The van der Waals surface area contributed by atoms with Gasteiger partial charge in [0.15, 0.2) is 0 Å². The number of hydrogen-bond acceptors (Lipinski definition) is 5. The Hall–Kier alpha value is -3.72. The van der Waals surface area contributed by atoms with Crippen LogP contribution in [0.25, 0.3) is 0 Å². The molecule has 33 heavy (non-hydrogen) atoms. The number of aryl methyl sites for hydroxylation is 1. The molecule has 0 aromatic heterocycles. The average Bonchev–Trinajstić information content (AvgIpc) is 2.82. The second-order valence-electron chi connectivity index (χ2n) is 7.78. The standard InChI is InChI=1S/C24H25N3O5S/c1-17-11-13-21(14-12-17)26(4)33(31,32)23-10-6-8-20(16-23)24(28)25(3)18(2)19-7-5-9-22(15-19)27(29)30/h5-16,18H,1-4H3. The number of carbonyl (C=O) groups excluding carboxylic acids is 1. The summed E-state index contributed by atoms with van der Waals surface area (Å²) in [5.74, 6) is -0.399. The minimum Gasteiger partial charge on any atom is -0.335 e. The summed E-state index contributed by atoms with van der Waals surface area (Å²) in [6, 6.07) is 18.6. The van der Waals surface area contributed by atoms with Gasteiger partial charge in [-0.05, 0) is 49.7 Å². The quantitative estimate of drug-likeness (QED) is 0.374. The molecule has 0 saturated carbocycles. The van der Waals surface area contributed by atoms with Gasteiger partial charge in [-0.2, -0.15) is 0 Å². The van der Waals surface area contributed by atoms with E-state index in [9.17, 15) is 23.3 Å². The van der Waals surface area contributed by atoms with E-state index in [0.29, 0.717) is 11.3 Å². The van der Waals surface area contributed by atoms with Crippen LogP contribution >= 0.6 is 0 Å². The van der Waals surface area contributed by atoms with Gasteiger partial charge in [-0.1, -0.05) is 35.9 Å². The van der Waals surface area contributed by atoms with E-state index in [-0.39, 0.29) is 16.1 Å². The van der Waals surface area contributed by atoms with Crippen molar-refractivity contribution in [2.45, 2.75) is 24.8 Å². The van der Waals surface area contributed by atoms with E-state index in [1.807, 2.05) is 19.1 Å². The summed E-state index contributed by atoms with van der Waals surface area (Å²) in [4.78, 5) is 25.1. The first-order chi connectivity index (χ1) is 15.5. The Kier molecular flexibility index (Phi) is 6.83. The predicted octanol–water partition coefficient (Wildman–Crippen LogP) is 4.56. The molecule has 3 aromatic rings. The maximum atomic E-state index is 13.2. The van der Waals surface area contributed by atoms with Crippen LogP contribution in [0.2, 0.25) is 0 Å². The lowest BCUT2D eigenvalue weighted by Gasteiger charge is -2.26. The van der Waals surface area contributed by atoms with Crippen LogP contribution in [0, 0.1) is 17.0 Å². The molecule has 1 atom stereocenters. The predicted molar refractivity (Wildman–Crippen MR) is 127 cm³/mol. The number of anilines is 1. The molecule has 0 fully saturated rings. The molecule has 3 aromatic carbocycles. The van der Waals surface area contributed by atoms with Gasteiger partial charge < -0.3 is 4.90 Å². The van der Waals surface area contributed by atoms with Gasteiger partial charge in [-0.25, -0.2) is 8.42 Å². The molecule has 0 heterocycles. The third kappa shape index (κ3) is 5.04. The van der Waals surface area contributed by atoms with E-state index in [2.05, 4.69) is 0 Å². The van der Waals surface area contributed by atoms with Crippen molar-refractivity contribution >= 4 is 27.3 Å². The lowest BCUT2D eigenvalue weighted by molar-refractivity contribution is -0.384. The summed E-state index contributed by atoms with van der Waals surface area (Å²) in [6.07, 6.45) is 0. The fraction of sp³-hybridized carbons (Fsp3) is 0.208. The van der Waals surface area contributed by atoms with Crippen LogP contribution < -0.4 is 4.31 Å². The molecular formula is C24H25N3O5S. The fourth-order valence-electron chi connectivity index (χ4n) is 3.34. The highest BCUT2D eigenvalue weighted by Gasteiger charge is 2.25. The highest BCUT2D eigenvalue weighted by Crippen LogP contribution is 2.26. The molecule has 9 heteroatoms. The Morgan fingerprint density at radius 2 is 1.61 bits per heavy atom. The second kappa shape index (κ2) is 9.41. The van der Waals surface area contributed by atoms with Crippen molar-refractivity contribution in [2.75, 3.05) is 18.4 Å². The third-order valence-corrected chi connectivity index (χ3v) is 7.38. The van der Waals surface area contributed by atoms with Gasteiger partial charge in [-0.15, -0.1) is 0 Å². The van der Waals surface area contributed by atoms with Crippen LogP contribution in [0.15, 0.2) is 77.7 Å². The zero-order chi connectivity index (χ0) is 24.3. The van der Waals surface area contributed by atoms with Gasteiger partial charge in [-0.3, -0.25) is 19.2 Å². The number of rotatable bonds is 7. The van der Waals surface area contributed by atoms with E-state index in [1.165, 1.54) is 46.6 Å². The SMILES string of the molecule is Cc1ccc(N(C)S(=O)(=O)c2cccc(C(=O)N(C)C(C)c3cccc([N+](=O)[O-])c3)c2)cc1. The summed E-state index contributed by atoms with van der Waals surface area (Å²) in [7, 11) is -0.848. The lowest BCUT2D eigenvalue weighted by Crippen LogP contribution is -2.30. The molecule has 0 bridgehead atoms. The number of amides is 1. The Labute approximate surface area is 193 Å². The van der Waals surface area contributed by atoms with Crippen LogP contribution in [0.5, 0.6) is 0 Å². The van der Waals surface area contributed by atoms with Crippen molar-refractivity contribution in [3.8, 4) is 0 Å². The maximum Gasteiger partial charge on any atom is 0.269 e. The monoisotopic (exact) mass is 467 g/mol. The minimum absolute atomic E-state index is 0.00664. The molecule has 0 saturated heterocycles. The third-order valence-electron chi connectivity index (χ3n) is 5.60. The molecule has 0 aliphatic rings. The van der Waals surface area contributed by atoms with Gasteiger partial charge in [0.25, 0.3) is 21.6 Å². The van der Waals surface area contributed by atoms with Crippen LogP contribution in [-0.4, -0.2) is 38.2 Å².